The van der Waals surface area contributed by atoms with Crippen molar-refractivity contribution >= 4 is 5.91 Å². The Bertz CT molecular complexity index is 769. The third-order valence-corrected chi connectivity index (χ3v) is 5.36. The third-order valence-electron chi connectivity index (χ3n) is 5.36. The predicted molar refractivity (Wildman–Crippen MR) is 96.3 cm³/mol. The maximum atomic E-state index is 12.5. The van der Waals surface area contributed by atoms with E-state index in [2.05, 4.69) is 56.9 Å². The van der Waals surface area contributed by atoms with Gasteiger partial charge in [0.25, 0.3) is 5.91 Å². The van der Waals surface area contributed by atoms with Crippen LogP contribution in [0.4, 0.5) is 0 Å². The summed E-state index contributed by atoms with van der Waals surface area (Å²) in [4.78, 5) is 15.0. The lowest BCUT2D eigenvalue weighted by Crippen LogP contribution is -2.44. The smallest absolute Gasteiger partial charge is 0.272 e. The Hall–Kier alpha value is -2.18. The van der Waals surface area contributed by atoms with E-state index >= 15 is 0 Å². The molecular formula is C19H25N5O. The molecule has 3 N–H and O–H groups in total. The quantitative estimate of drug-likeness (QED) is 0.783. The highest BCUT2D eigenvalue weighted by Crippen LogP contribution is 2.20. The lowest BCUT2D eigenvalue weighted by Gasteiger charge is -2.33. The van der Waals surface area contributed by atoms with Crippen molar-refractivity contribution in [2.75, 3.05) is 19.6 Å². The molecule has 4 rings (SSSR count). The van der Waals surface area contributed by atoms with Gasteiger partial charge in [-0.1, -0.05) is 24.3 Å². The molecule has 2 aliphatic heterocycles. The number of amides is 1. The minimum atomic E-state index is -0.0783. The molecule has 0 saturated heterocycles. The first-order valence-corrected chi connectivity index (χ1v) is 9.08. The number of aromatic amines is 1. The van der Waals surface area contributed by atoms with Crippen molar-refractivity contribution in [1.29, 1.82) is 0 Å². The molecule has 2 aliphatic rings. The molecule has 25 heavy (non-hydrogen) atoms. The molecule has 0 bridgehead atoms. The minimum Gasteiger partial charge on any atom is -0.349 e. The van der Waals surface area contributed by atoms with E-state index in [0.717, 1.165) is 43.7 Å². The molecular weight excluding hydrogens is 314 g/mol. The van der Waals surface area contributed by atoms with Crippen molar-refractivity contribution in [3.63, 3.8) is 0 Å². The second-order valence-electron chi connectivity index (χ2n) is 7.00. The molecule has 2 aromatic rings. The maximum Gasteiger partial charge on any atom is 0.272 e. The number of carbonyl (C=O) groups is 1. The molecule has 6 nitrogen and oxygen atoms in total. The summed E-state index contributed by atoms with van der Waals surface area (Å²) in [6.07, 6.45) is 1.98. The average Bonchev–Trinajstić information content (AvgIpc) is 3.09. The van der Waals surface area contributed by atoms with Crippen LogP contribution in [0.5, 0.6) is 0 Å². The van der Waals surface area contributed by atoms with Crippen LogP contribution in [0.2, 0.25) is 0 Å². The van der Waals surface area contributed by atoms with Gasteiger partial charge in [0.1, 0.15) is 0 Å². The van der Waals surface area contributed by atoms with Gasteiger partial charge in [0.05, 0.1) is 0 Å². The summed E-state index contributed by atoms with van der Waals surface area (Å²) in [6, 6.07) is 8.93. The largest absolute Gasteiger partial charge is 0.349 e. The fourth-order valence-electron chi connectivity index (χ4n) is 3.76. The SMILES string of the molecule is CC(CNC(=O)c1n[nH]c2c1CNCC2)N1CCc2ccccc2C1. The van der Waals surface area contributed by atoms with Gasteiger partial charge in [-0.25, -0.2) is 0 Å². The highest BCUT2D eigenvalue weighted by molar-refractivity contribution is 5.94. The Balaban J connectivity index is 1.35. The van der Waals surface area contributed by atoms with Crippen LogP contribution in [0, 0.1) is 0 Å². The van der Waals surface area contributed by atoms with E-state index in [0.29, 0.717) is 24.8 Å². The average molecular weight is 339 g/mol. The molecule has 0 spiro atoms. The Kier molecular flexibility index (Phi) is 4.55. The molecule has 0 saturated carbocycles. The summed E-state index contributed by atoms with van der Waals surface area (Å²) in [7, 11) is 0. The van der Waals surface area contributed by atoms with Gasteiger partial charge < -0.3 is 10.6 Å². The number of hydrogen-bond donors (Lipinski definition) is 3. The number of nitrogens with one attached hydrogen (secondary N) is 3. The molecule has 0 aliphatic carbocycles. The summed E-state index contributed by atoms with van der Waals surface area (Å²) in [6.45, 7) is 6.45. The second kappa shape index (κ2) is 6.98. The molecule has 1 amide bonds. The maximum absolute atomic E-state index is 12.5. The number of carbonyl (C=O) groups excluding carboxylic acids is 1. The Labute approximate surface area is 148 Å². The molecule has 0 radical (unpaired) electrons. The van der Waals surface area contributed by atoms with Crippen molar-refractivity contribution < 1.29 is 4.79 Å². The Morgan fingerprint density at radius 2 is 2.16 bits per heavy atom. The van der Waals surface area contributed by atoms with Crippen LogP contribution in [0.25, 0.3) is 0 Å². The van der Waals surface area contributed by atoms with E-state index in [1.54, 1.807) is 0 Å². The van der Waals surface area contributed by atoms with Crippen LogP contribution < -0.4 is 10.6 Å². The molecule has 3 heterocycles. The summed E-state index contributed by atoms with van der Waals surface area (Å²) in [5, 5.41) is 13.6. The number of rotatable bonds is 4. The van der Waals surface area contributed by atoms with Crippen molar-refractivity contribution in [1.82, 2.24) is 25.7 Å². The van der Waals surface area contributed by atoms with E-state index in [4.69, 9.17) is 0 Å². The van der Waals surface area contributed by atoms with E-state index in [9.17, 15) is 4.79 Å². The topological polar surface area (TPSA) is 73.0 Å². The number of H-pyrrole nitrogens is 1. The van der Waals surface area contributed by atoms with E-state index in [1.807, 2.05) is 0 Å². The molecule has 1 unspecified atom stereocenters. The van der Waals surface area contributed by atoms with Gasteiger partial charge >= 0.3 is 0 Å². The third kappa shape index (κ3) is 3.32. The molecule has 0 fully saturated rings. The molecule has 6 heteroatoms. The second-order valence-corrected chi connectivity index (χ2v) is 7.00. The standard InChI is InChI=1S/C19H25N5O/c1-13(24-9-7-14-4-2-3-5-15(14)12-24)10-21-19(25)18-16-11-20-8-6-17(16)22-23-18/h2-5,13,20H,6-12H2,1H3,(H,21,25)(H,22,23). The lowest BCUT2D eigenvalue weighted by atomic mass is 9.99. The summed E-state index contributed by atoms with van der Waals surface area (Å²) < 4.78 is 0. The Morgan fingerprint density at radius 1 is 1.32 bits per heavy atom. The van der Waals surface area contributed by atoms with Crippen LogP contribution in [0.15, 0.2) is 24.3 Å². The normalized spacial score (nSPS) is 18.3. The number of fused-ring (bicyclic) bond motifs is 2. The summed E-state index contributed by atoms with van der Waals surface area (Å²) >= 11 is 0. The van der Waals surface area contributed by atoms with Gasteiger partial charge in [-0.15, -0.1) is 0 Å². The van der Waals surface area contributed by atoms with Crippen molar-refractivity contribution in [3.8, 4) is 0 Å². The molecule has 1 aromatic heterocycles. The van der Waals surface area contributed by atoms with Crippen molar-refractivity contribution in [2.24, 2.45) is 0 Å². The van der Waals surface area contributed by atoms with Crippen LogP contribution in [0.3, 0.4) is 0 Å². The number of nitrogens with zero attached hydrogens (tertiary/aromatic N) is 2. The zero-order valence-electron chi connectivity index (χ0n) is 14.6. The fraction of sp³-hybridized carbons (Fsp3) is 0.474. The molecule has 1 atom stereocenters. The zero-order valence-corrected chi connectivity index (χ0v) is 14.6. The monoisotopic (exact) mass is 339 g/mol. The first-order chi connectivity index (χ1) is 12.2. The number of benzene rings is 1. The van der Waals surface area contributed by atoms with Crippen molar-refractivity contribution in [3.05, 3.63) is 52.3 Å². The van der Waals surface area contributed by atoms with Gasteiger partial charge in [-0.2, -0.15) is 5.10 Å². The van der Waals surface area contributed by atoms with Gasteiger partial charge in [-0.3, -0.25) is 14.8 Å². The molecule has 132 valence electrons. The van der Waals surface area contributed by atoms with Crippen molar-refractivity contribution in [2.45, 2.75) is 38.9 Å². The van der Waals surface area contributed by atoms with Gasteiger partial charge in [0, 0.05) is 56.4 Å². The van der Waals surface area contributed by atoms with E-state index in [-0.39, 0.29) is 5.91 Å². The van der Waals surface area contributed by atoms with E-state index < -0.39 is 0 Å². The highest BCUT2D eigenvalue weighted by atomic mass is 16.1. The predicted octanol–water partition coefficient (Wildman–Crippen LogP) is 1.23. The van der Waals surface area contributed by atoms with Gasteiger partial charge in [-0.05, 0) is 24.5 Å². The highest BCUT2D eigenvalue weighted by Gasteiger charge is 2.24. The fourth-order valence-corrected chi connectivity index (χ4v) is 3.76. The first kappa shape index (κ1) is 16.3. The van der Waals surface area contributed by atoms with Crippen LogP contribution in [-0.2, 0) is 25.9 Å². The van der Waals surface area contributed by atoms with Gasteiger partial charge in [0.15, 0.2) is 5.69 Å². The van der Waals surface area contributed by atoms with Crippen LogP contribution >= 0.6 is 0 Å². The zero-order chi connectivity index (χ0) is 17.2. The molecule has 1 aromatic carbocycles. The summed E-state index contributed by atoms with van der Waals surface area (Å²) in [5.74, 6) is -0.0783. The summed E-state index contributed by atoms with van der Waals surface area (Å²) in [5.41, 5.74) is 5.50. The number of aromatic nitrogens is 2. The first-order valence-electron chi connectivity index (χ1n) is 9.08. The number of hydrogen-bond acceptors (Lipinski definition) is 4. The van der Waals surface area contributed by atoms with Crippen LogP contribution in [-0.4, -0.2) is 46.7 Å². The Morgan fingerprint density at radius 3 is 3.04 bits per heavy atom. The lowest BCUT2D eigenvalue weighted by molar-refractivity contribution is 0.0926. The van der Waals surface area contributed by atoms with Crippen LogP contribution in [0.1, 0.15) is 39.8 Å². The minimum absolute atomic E-state index is 0.0783. The van der Waals surface area contributed by atoms with E-state index in [1.165, 1.54) is 11.1 Å². The van der Waals surface area contributed by atoms with Gasteiger partial charge in [0.2, 0.25) is 0 Å².